The van der Waals surface area contributed by atoms with Gasteiger partial charge < -0.3 is 0 Å². The Bertz CT molecular complexity index is 1000. The molecule has 3 aromatic heterocycles. The van der Waals surface area contributed by atoms with Crippen molar-refractivity contribution in [2.75, 3.05) is 5.32 Å². The molecule has 0 spiro atoms. The van der Waals surface area contributed by atoms with Crippen molar-refractivity contribution < 1.29 is 4.39 Å². The number of aromatic nitrogens is 3. The van der Waals surface area contributed by atoms with Crippen molar-refractivity contribution in [3.8, 4) is 0 Å². The molecule has 22 heavy (non-hydrogen) atoms. The first-order chi connectivity index (χ1) is 10.7. The molecule has 0 fully saturated rings. The number of pyridine rings is 1. The summed E-state index contributed by atoms with van der Waals surface area (Å²) in [6.07, 6.45) is 3.30. The summed E-state index contributed by atoms with van der Waals surface area (Å²) in [5, 5.41) is 4.32. The van der Waals surface area contributed by atoms with Crippen LogP contribution in [0.4, 0.5) is 15.9 Å². The van der Waals surface area contributed by atoms with E-state index in [-0.39, 0.29) is 19.5 Å². The second kappa shape index (κ2) is 5.32. The van der Waals surface area contributed by atoms with Crippen molar-refractivity contribution in [2.24, 2.45) is 0 Å². The molecule has 0 bridgehead atoms. The maximum atomic E-state index is 13.2. The van der Waals surface area contributed by atoms with Gasteiger partial charge in [-0.15, -0.1) is 0 Å². The van der Waals surface area contributed by atoms with Gasteiger partial charge in [-0.25, -0.2) is 0 Å². The predicted molar refractivity (Wildman–Crippen MR) is 86.5 cm³/mol. The topological polar surface area (TPSA) is 50.7 Å². The van der Waals surface area contributed by atoms with Crippen molar-refractivity contribution in [2.45, 2.75) is 0 Å². The summed E-state index contributed by atoms with van der Waals surface area (Å²) in [5.41, 5.74) is 1.60. The Balaban J connectivity index is 1.86. The van der Waals surface area contributed by atoms with E-state index in [9.17, 15) is 4.39 Å². The third-order valence-electron chi connectivity index (χ3n) is 3.21. The molecule has 7 heteroatoms. The molecule has 0 aliphatic carbocycles. The zero-order valence-electron chi connectivity index (χ0n) is 11.0. The molecule has 108 valence electrons. The van der Waals surface area contributed by atoms with Crippen molar-refractivity contribution in [3.63, 3.8) is 0 Å². The standard InChI is InChI=1S/C15H8ClFN4Se/c16-10-6-8(3-4-11(10)17)21-14-13-12(19-7-20-14)9-2-1-5-18-15(9)22-13/h1-7H,(H,19,20,21). The normalized spacial score (nSPS) is 11.2. The fourth-order valence-electron chi connectivity index (χ4n) is 2.21. The molecular weight excluding hydrogens is 370 g/mol. The van der Waals surface area contributed by atoms with E-state index in [1.807, 2.05) is 12.1 Å². The van der Waals surface area contributed by atoms with Gasteiger partial charge in [0, 0.05) is 0 Å². The van der Waals surface area contributed by atoms with E-state index >= 15 is 0 Å². The van der Waals surface area contributed by atoms with Gasteiger partial charge in [0.15, 0.2) is 0 Å². The molecule has 0 unspecified atom stereocenters. The minimum absolute atomic E-state index is 0.0410. The summed E-state index contributed by atoms with van der Waals surface area (Å²) in [4.78, 5) is 13.1. The molecule has 0 aliphatic rings. The molecule has 0 aliphatic heterocycles. The van der Waals surface area contributed by atoms with Gasteiger partial charge in [0.2, 0.25) is 0 Å². The van der Waals surface area contributed by atoms with Crippen molar-refractivity contribution in [1.29, 1.82) is 0 Å². The van der Waals surface area contributed by atoms with Crippen LogP contribution in [0.5, 0.6) is 0 Å². The van der Waals surface area contributed by atoms with E-state index in [1.165, 1.54) is 12.4 Å². The first-order valence-electron chi connectivity index (χ1n) is 6.43. The summed E-state index contributed by atoms with van der Waals surface area (Å²) in [7, 11) is 0. The van der Waals surface area contributed by atoms with Crippen LogP contribution < -0.4 is 5.32 Å². The van der Waals surface area contributed by atoms with Gasteiger partial charge in [0.25, 0.3) is 0 Å². The second-order valence-corrected chi connectivity index (χ2v) is 7.12. The first kappa shape index (κ1) is 13.6. The van der Waals surface area contributed by atoms with Crippen molar-refractivity contribution in [3.05, 3.63) is 53.7 Å². The summed E-state index contributed by atoms with van der Waals surface area (Å²) >= 11 is 5.86. The van der Waals surface area contributed by atoms with Crippen molar-refractivity contribution >= 4 is 57.2 Å². The van der Waals surface area contributed by atoms with Gasteiger partial charge >= 0.3 is 136 Å². The molecule has 0 radical (unpaired) electrons. The van der Waals surface area contributed by atoms with Crippen LogP contribution in [0.1, 0.15) is 0 Å². The SMILES string of the molecule is Fc1ccc(Nc2ncnc3c2[se]c2ncccc23)cc1Cl. The summed E-state index contributed by atoms with van der Waals surface area (Å²) < 4.78 is 15.3. The summed E-state index contributed by atoms with van der Waals surface area (Å²) in [6.45, 7) is 0. The molecule has 0 saturated carbocycles. The molecule has 0 atom stereocenters. The quantitative estimate of drug-likeness (QED) is 0.540. The van der Waals surface area contributed by atoms with Crippen LogP contribution >= 0.6 is 11.6 Å². The van der Waals surface area contributed by atoms with E-state index in [2.05, 4.69) is 20.3 Å². The Morgan fingerprint density at radius 3 is 2.91 bits per heavy atom. The Labute approximate surface area is 135 Å². The predicted octanol–water partition coefficient (Wildman–Crippen LogP) is 3.77. The molecule has 0 saturated heterocycles. The number of anilines is 2. The van der Waals surface area contributed by atoms with Crippen LogP contribution in [0.3, 0.4) is 0 Å². The Kier molecular flexibility index (Phi) is 3.30. The molecule has 4 aromatic rings. The van der Waals surface area contributed by atoms with Gasteiger partial charge in [-0.2, -0.15) is 0 Å². The van der Waals surface area contributed by atoms with E-state index in [0.717, 1.165) is 19.6 Å². The average molecular weight is 378 g/mol. The zero-order valence-corrected chi connectivity index (χ0v) is 13.5. The van der Waals surface area contributed by atoms with Gasteiger partial charge in [0.1, 0.15) is 0 Å². The van der Waals surface area contributed by atoms with E-state index < -0.39 is 5.82 Å². The second-order valence-electron chi connectivity index (χ2n) is 4.61. The Morgan fingerprint density at radius 1 is 1.14 bits per heavy atom. The molecule has 4 nitrogen and oxygen atoms in total. The maximum absolute atomic E-state index is 13.2. The number of hydrogen-bond donors (Lipinski definition) is 1. The zero-order chi connectivity index (χ0) is 15.1. The van der Waals surface area contributed by atoms with Gasteiger partial charge in [-0.3, -0.25) is 0 Å². The number of nitrogens with one attached hydrogen (secondary N) is 1. The van der Waals surface area contributed by atoms with Crippen LogP contribution in [-0.2, 0) is 0 Å². The molecule has 1 N–H and O–H groups in total. The number of nitrogens with zero attached hydrogens (tertiary/aromatic N) is 3. The van der Waals surface area contributed by atoms with Crippen LogP contribution in [-0.4, -0.2) is 29.5 Å². The van der Waals surface area contributed by atoms with Gasteiger partial charge in [-0.1, -0.05) is 0 Å². The molecular formula is C15H8ClFN4Se. The third kappa shape index (κ3) is 2.25. The van der Waals surface area contributed by atoms with Crippen molar-refractivity contribution in [1.82, 2.24) is 15.0 Å². The number of fused-ring (bicyclic) bond motifs is 3. The number of halogens is 2. The van der Waals surface area contributed by atoms with E-state index in [4.69, 9.17) is 11.6 Å². The molecule has 0 amide bonds. The van der Waals surface area contributed by atoms with Crippen LogP contribution in [0.25, 0.3) is 19.6 Å². The Hall–Kier alpha value is -2.01. The van der Waals surface area contributed by atoms with E-state index in [0.29, 0.717) is 11.5 Å². The molecule has 3 heterocycles. The monoisotopic (exact) mass is 378 g/mol. The van der Waals surface area contributed by atoms with Gasteiger partial charge in [0.05, 0.1) is 0 Å². The van der Waals surface area contributed by atoms with Crippen LogP contribution in [0.15, 0.2) is 42.9 Å². The minimum atomic E-state index is -0.444. The average Bonchev–Trinajstić information content (AvgIpc) is 2.91. The fraction of sp³-hybridized carbons (Fsp3) is 0. The number of rotatable bonds is 2. The molecule has 4 rings (SSSR count). The van der Waals surface area contributed by atoms with E-state index in [1.54, 1.807) is 18.3 Å². The number of benzene rings is 1. The third-order valence-corrected chi connectivity index (χ3v) is 5.83. The molecule has 1 aromatic carbocycles. The van der Waals surface area contributed by atoms with Gasteiger partial charge in [-0.05, 0) is 0 Å². The van der Waals surface area contributed by atoms with Crippen LogP contribution in [0.2, 0.25) is 5.02 Å². The summed E-state index contributed by atoms with van der Waals surface area (Å²) in [6, 6.07) is 8.41. The summed E-state index contributed by atoms with van der Waals surface area (Å²) in [5.74, 6) is 0.270. The first-order valence-corrected chi connectivity index (χ1v) is 8.52. The van der Waals surface area contributed by atoms with Crippen LogP contribution in [0, 0.1) is 5.82 Å². The fourth-order valence-corrected chi connectivity index (χ4v) is 4.58. The number of hydrogen-bond acceptors (Lipinski definition) is 4. The Morgan fingerprint density at radius 2 is 2.05 bits per heavy atom.